The lowest BCUT2D eigenvalue weighted by Gasteiger charge is -2.26. The number of fused-ring (bicyclic) bond motifs is 1. The Bertz CT molecular complexity index is 1050. The van der Waals surface area contributed by atoms with Crippen LogP contribution in [0.2, 0.25) is 5.02 Å². The number of halogens is 2. The van der Waals surface area contributed by atoms with E-state index in [0.29, 0.717) is 11.0 Å². The fourth-order valence-corrected chi connectivity index (χ4v) is 3.25. The van der Waals surface area contributed by atoms with Gasteiger partial charge in [0.05, 0.1) is 22.9 Å². The average molecular weight is 371 g/mol. The largest absolute Gasteiger partial charge is 0.319 e. The van der Waals surface area contributed by atoms with Gasteiger partial charge >= 0.3 is 0 Å². The predicted octanol–water partition coefficient (Wildman–Crippen LogP) is 3.40. The van der Waals surface area contributed by atoms with Crippen molar-refractivity contribution in [2.75, 3.05) is 13.1 Å². The number of H-pyrrole nitrogens is 1. The summed E-state index contributed by atoms with van der Waals surface area (Å²) in [6.07, 6.45) is 6.03. The van der Waals surface area contributed by atoms with Crippen molar-refractivity contribution >= 4 is 28.2 Å². The molecule has 0 aliphatic carbocycles. The van der Waals surface area contributed by atoms with Crippen molar-refractivity contribution in [3.8, 4) is 0 Å². The van der Waals surface area contributed by atoms with E-state index in [1.54, 1.807) is 18.3 Å². The van der Waals surface area contributed by atoms with E-state index >= 15 is 0 Å². The molecule has 26 heavy (non-hydrogen) atoms. The highest BCUT2D eigenvalue weighted by Gasteiger charge is 2.14. The first-order valence-corrected chi connectivity index (χ1v) is 8.67. The lowest BCUT2D eigenvalue weighted by atomic mass is 10.0. The van der Waals surface area contributed by atoms with Gasteiger partial charge in [-0.2, -0.15) is 0 Å². The number of aromatic amines is 1. The molecule has 7 heteroatoms. The molecule has 0 saturated heterocycles. The Kier molecular flexibility index (Phi) is 4.53. The lowest BCUT2D eigenvalue weighted by Crippen LogP contribution is -2.28. The second kappa shape index (κ2) is 6.97. The van der Waals surface area contributed by atoms with Crippen LogP contribution in [0.3, 0.4) is 0 Å². The van der Waals surface area contributed by atoms with Gasteiger partial charge in [0.1, 0.15) is 10.8 Å². The second-order valence-electron chi connectivity index (χ2n) is 6.30. The van der Waals surface area contributed by atoms with Gasteiger partial charge in [-0.1, -0.05) is 17.7 Å². The van der Waals surface area contributed by atoms with Gasteiger partial charge in [-0.3, -0.25) is 19.7 Å². The topological polar surface area (TPSA) is 61.9 Å². The first kappa shape index (κ1) is 16.9. The van der Waals surface area contributed by atoms with Gasteiger partial charge in [-0.15, -0.1) is 0 Å². The summed E-state index contributed by atoms with van der Waals surface area (Å²) >= 11 is 5.83. The van der Waals surface area contributed by atoms with Crippen LogP contribution in [0.4, 0.5) is 4.39 Å². The third-order valence-corrected chi connectivity index (χ3v) is 4.74. The van der Waals surface area contributed by atoms with Crippen molar-refractivity contribution in [3.63, 3.8) is 0 Å². The van der Waals surface area contributed by atoms with Crippen molar-refractivity contribution < 1.29 is 4.39 Å². The summed E-state index contributed by atoms with van der Waals surface area (Å²) in [6.45, 7) is 2.39. The fourth-order valence-electron chi connectivity index (χ4n) is 3.10. The third-order valence-electron chi connectivity index (χ3n) is 4.46. The van der Waals surface area contributed by atoms with Gasteiger partial charge in [0, 0.05) is 25.8 Å². The third kappa shape index (κ3) is 3.52. The first-order valence-electron chi connectivity index (χ1n) is 8.29. The van der Waals surface area contributed by atoms with E-state index in [2.05, 4.69) is 25.9 Å². The van der Waals surface area contributed by atoms with Crippen LogP contribution in [0.1, 0.15) is 17.7 Å². The van der Waals surface area contributed by atoms with Gasteiger partial charge in [0.15, 0.2) is 0 Å². The van der Waals surface area contributed by atoms with E-state index in [0.717, 1.165) is 42.9 Å². The molecule has 0 spiro atoms. The van der Waals surface area contributed by atoms with Crippen LogP contribution in [0.15, 0.2) is 47.5 Å². The Balaban J connectivity index is 1.48. The normalized spacial score (nSPS) is 15.2. The summed E-state index contributed by atoms with van der Waals surface area (Å²) in [4.78, 5) is 25.2. The number of hydrogen-bond donors (Lipinski definition) is 1. The lowest BCUT2D eigenvalue weighted by molar-refractivity contribution is 0.293. The van der Waals surface area contributed by atoms with E-state index in [1.807, 2.05) is 6.07 Å². The van der Waals surface area contributed by atoms with E-state index in [-0.39, 0.29) is 16.4 Å². The zero-order valence-corrected chi connectivity index (χ0v) is 14.6. The van der Waals surface area contributed by atoms with E-state index < -0.39 is 0 Å². The number of nitrogens with zero attached hydrogens (tertiary/aromatic N) is 3. The summed E-state index contributed by atoms with van der Waals surface area (Å²) in [5.74, 6) is -0.324. The molecule has 0 saturated carbocycles. The van der Waals surface area contributed by atoms with Gasteiger partial charge in [0.25, 0.3) is 5.56 Å². The van der Waals surface area contributed by atoms with Gasteiger partial charge in [-0.25, -0.2) is 4.39 Å². The first-order chi connectivity index (χ1) is 12.6. The molecule has 5 nitrogen and oxygen atoms in total. The second-order valence-corrected chi connectivity index (χ2v) is 6.71. The fraction of sp³-hybridized carbons (Fsp3) is 0.211. The molecule has 3 aromatic heterocycles. The Morgan fingerprint density at radius 3 is 2.85 bits per heavy atom. The summed E-state index contributed by atoms with van der Waals surface area (Å²) in [5.41, 5.74) is 4.02. The van der Waals surface area contributed by atoms with E-state index in [4.69, 9.17) is 11.6 Å². The number of nitrogens with one attached hydrogen (secondary N) is 1. The summed E-state index contributed by atoms with van der Waals surface area (Å²) in [5, 5.41) is 0.140. The number of hydrogen-bond acceptors (Lipinski definition) is 4. The Morgan fingerprint density at radius 2 is 2.12 bits per heavy atom. The van der Waals surface area contributed by atoms with Crippen LogP contribution >= 0.6 is 11.6 Å². The molecule has 0 bridgehead atoms. The molecule has 4 rings (SSSR count). The van der Waals surface area contributed by atoms with Crippen LogP contribution < -0.4 is 5.56 Å². The van der Waals surface area contributed by atoms with Gasteiger partial charge in [-0.05, 0) is 41.8 Å². The molecule has 0 fully saturated rings. The van der Waals surface area contributed by atoms with Gasteiger partial charge < -0.3 is 4.98 Å². The molecule has 4 heterocycles. The highest BCUT2D eigenvalue weighted by Crippen LogP contribution is 2.22. The minimum absolute atomic E-state index is 0.140. The molecule has 1 aliphatic heterocycles. The number of pyridine rings is 3. The molecular weight excluding hydrogens is 355 g/mol. The quantitative estimate of drug-likeness (QED) is 0.767. The molecule has 0 unspecified atom stereocenters. The van der Waals surface area contributed by atoms with Crippen LogP contribution in [0, 0.1) is 5.82 Å². The SMILES string of the molecule is O=c1[nH]c2cc(CN3CC=C(c4ccc(F)cn4)CC3)cnc2cc1Cl. The number of rotatable bonds is 3. The van der Waals surface area contributed by atoms with Crippen molar-refractivity contribution in [1.29, 1.82) is 0 Å². The molecule has 0 aromatic carbocycles. The standard InChI is InChI=1S/C19H16ClFN4O/c20-15-8-17-18(24-19(15)26)7-12(9-22-17)11-25-5-3-13(4-6-25)16-2-1-14(21)10-23-16/h1-3,7-10H,4-6,11H2,(H,24,26). The Labute approximate surface area is 154 Å². The minimum Gasteiger partial charge on any atom is -0.319 e. The van der Waals surface area contributed by atoms with E-state index in [9.17, 15) is 9.18 Å². The molecular formula is C19H16ClFN4O. The smallest absolute Gasteiger partial charge is 0.267 e. The molecule has 0 atom stereocenters. The molecule has 1 N–H and O–H groups in total. The molecule has 0 radical (unpaired) electrons. The Morgan fingerprint density at radius 1 is 1.23 bits per heavy atom. The summed E-state index contributed by atoms with van der Waals surface area (Å²) < 4.78 is 13.0. The zero-order chi connectivity index (χ0) is 18.1. The average Bonchev–Trinajstić information content (AvgIpc) is 2.64. The maximum absolute atomic E-state index is 13.0. The molecule has 0 amide bonds. The van der Waals surface area contributed by atoms with Crippen LogP contribution in [-0.2, 0) is 6.54 Å². The van der Waals surface area contributed by atoms with Crippen molar-refractivity contribution in [2.24, 2.45) is 0 Å². The zero-order valence-electron chi connectivity index (χ0n) is 13.9. The summed E-state index contributed by atoms with van der Waals surface area (Å²) in [6, 6.07) is 6.65. The highest BCUT2D eigenvalue weighted by atomic mass is 35.5. The van der Waals surface area contributed by atoms with Crippen molar-refractivity contribution in [3.05, 3.63) is 75.2 Å². The van der Waals surface area contributed by atoms with Crippen LogP contribution in [0.25, 0.3) is 16.6 Å². The van der Waals surface area contributed by atoms with Crippen LogP contribution in [0.5, 0.6) is 0 Å². The van der Waals surface area contributed by atoms with Crippen molar-refractivity contribution in [2.45, 2.75) is 13.0 Å². The monoisotopic (exact) mass is 370 g/mol. The van der Waals surface area contributed by atoms with Crippen molar-refractivity contribution in [1.82, 2.24) is 19.9 Å². The maximum Gasteiger partial charge on any atom is 0.267 e. The molecule has 1 aliphatic rings. The maximum atomic E-state index is 13.0. The molecule has 3 aromatic rings. The Hall–Kier alpha value is -2.57. The van der Waals surface area contributed by atoms with Gasteiger partial charge in [0.2, 0.25) is 0 Å². The van der Waals surface area contributed by atoms with Crippen LogP contribution in [-0.4, -0.2) is 32.9 Å². The molecule has 132 valence electrons. The summed E-state index contributed by atoms with van der Waals surface area (Å²) in [7, 11) is 0. The highest BCUT2D eigenvalue weighted by molar-refractivity contribution is 6.30. The minimum atomic E-state index is -0.324. The van der Waals surface area contributed by atoms with E-state index in [1.165, 1.54) is 12.3 Å². The number of aromatic nitrogens is 3. The predicted molar refractivity (Wildman–Crippen MR) is 99.4 cm³/mol.